The Bertz CT molecular complexity index is 494. The van der Waals surface area contributed by atoms with E-state index in [0.717, 1.165) is 37.1 Å². The molecule has 4 amide bonds. The Hall–Kier alpha value is -1.85. The fraction of sp³-hybridized carbons (Fsp3) is 0.667. The topological polar surface area (TPSA) is 78.5 Å². The van der Waals surface area contributed by atoms with Gasteiger partial charge in [-0.1, -0.05) is 31.4 Å². The van der Waals surface area contributed by atoms with E-state index in [1.807, 2.05) is 6.08 Å². The minimum Gasteiger partial charge on any atom is -0.322 e. The summed E-state index contributed by atoms with van der Waals surface area (Å²) in [7, 11) is 0. The Balaban J connectivity index is 1.62. The molecule has 2 aliphatic carbocycles. The highest BCUT2D eigenvalue weighted by Gasteiger charge is 2.52. The highest BCUT2D eigenvalue weighted by molar-refractivity contribution is 6.08. The van der Waals surface area contributed by atoms with E-state index in [1.165, 1.54) is 0 Å². The lowest BCUT2D eigenvalue weighted by molar-refractivity contribution is -0.140. The number of allylic oxidation sites excluding steroid dienone is 2. The maximum atomic E-state index is 12.5. The van der Waals surface area contributed by atoms with Crippen LogP contribution in [0.2, 0.25) is 0 Å². The summed E-state index contributed by atoms with van der Waals surface area (Å²) < 4.78 is 0. The highest BCUT2D eigenvalue weighted by atomic mass is 16.2. The third-order valence-electron chi connectivity index (χ3n) is 4.67. The molecule has 1 spiro atoms. The van der Waals surface area contributed by atoms with E-state index in [4.69, 9.17) is 0 Å². The van der Waals surface area contributed by atoms with Crippen LogP contribution >= 0.6 is 0 Å². The van der Waals surface area contributed by atoms with Crippen molar-refractivity contribution < 1.29 is 14.4 Å². The maximum Gasteiger partial charge on any atom is 0.344 e. The maximum absolute atomic E-state index is 12.5. The summed E-state index contributed by atoms with van der Waals surface area (Å²) in [4.78, 5) is 36.5. The van der Waals surface area contributed by atoms with Gasteiger partial charge in [0.15, 0.2) is 0 Å². The van der Waals surface area contributed by atoms with Crippen LogP contribution in [-0.2, 0) is 9.59 Å². The third kappa shape index (κ3) is 2.66. The van der Waals surface area contributed by atoms with Gasteiger partial charge in [-0.3, -0.25) is 15.0 Å². The first-order chi connectivity index (χ1) is 10.1. The van der Waals surface area contributed by atoms with Gasteiger partial charge in [0.25, 0.3) is 5.91 Å². The standard InChI is InChI=1S/C15H21N3O3/c19-12(10-11-6-2-3-7-11)17-18-13(20)15(16-14(18)21)8-4-1-5-9-15/h2,6,11H,1,3-5,7-10H2,(H,16,21)(H,17,19)/t11-/m0/s1. The summed E-state index contributed by atoms with van der Waals surface area (Å²) in [5, 5.41) is 3.66. The summed E-state index contributed by atoms with van der Waals surface area (Å²) in [6.45, 7) is 0. The number of carbonyl (C=O) groups excluding carboxylic acids is 3. The molecule has 0 aromatic rings. The number of carbonyl (C=O) groups is 3. The number of hydrogen-bond acceptors (Lipinski definition) is 3. The average Bonchev–Trinajstić information content (AvgIpc) is 3.04. The highest BCUT2D eigenvalue weighted by Crippen LogP contribution is 2.33. The Morgan fingerprint density at radius 1 is 1.33 bits per heavy atom. The van der Waals surface area contributed by atoms with Crippen molar-refractivity contribution in [2.45, 2.75) is 56.9 Å². The van der Waals surface area contributed by atoms with Crippen molar-refractivity contribution in [2.24, 2.45) is 5.92 Å². The molecular formula is C15H21N3O3. The fourth-order valence-electron chi connectivity index (χ4n) is 3.49. The number of nitrogens with one attached hydrogen (secondary N) is 2. The zero-order chi connectivity index (χ0) is 14.9. The van der Waals surface area contributed by atoms with Crippen LogP contribution in [0.25, 0.3) is 0 Å². The van der Waals surface area contributed by atoms with E-state index in [1.54, 1.807) is 0 Å². The first-order valence-electron chi connectivity index (χ1n) is 7.74. The SMILES string of the molecule is O=C(C[C@H]1C=CCC1)NN1C(=O)NC2(CCCCC2)C1=O. The molecule has 6 heteroatoms. The number of hydrogen-bond donors (Lipinski definition) is 2. The molecule has 1 heterocycles. The molecular weight excluding hydrogens is 270 g/mol. The van der Waals surface area contributed by atoms with E-state index in [0.29, 0.717) is 19.3 Å². The number of amides is 4. The molecule has 0 unspecified atom stereocenters. The van der Waals surface area contributed by atoms with Gasteiger partial charge in [-0.05, 0) is 31.6 Å². The summed E-state index contributed by atoms with van der Waals surface area (Å²) in [5.41, 5.74) is 1.69. The van der Waals surface area contributed by atoms with Crippen LogP contribution in [0.1, 0.15) is 51.4 Å². The van der Waals surface area contributed by atoms with Crippen molar-refractivity contribution in [3.05, 3.63) is 12.2 Å². The summed E-state index contributed by atoms with van der Waals surface area (Å²) >= 11 is 0. The van der Waals surface area contributed by atoms with Gasteiger partial charge < -0.3 is 5.32 Å². The minimum atomic E-state index is -0.782. The second-order valence-electron chi connectivity index (χ2n) is 6.22. The van der Waals surface area contributed by atoms with Gasteiger partial charge >= 0.3 is 6.03 Å². The summed E-state index contributed by atoms with van der Waals surface area (Å²) in [6.07, 6.45) is 10.6. The smallest absolute Gasteiger partial charge is 0.322 e. The second kappa shape index (κ2) is 5.50. The Morgan fingerprint density at radius 3 is 2.76 bits per heavy atom. The van der Waals surface area contributed by atoms with Crippen LogP contribution in [-0.4, -0.2) is 28.4 Å². The van der Waals surface area contributed by atoms with Crippen LogP contribution in [0, 0.1) is 5.92 Å². The Morgan fingerprint density at radius 2 is 2.10 bits per heavy atom. The first-order valence-corrected chi connectivity index (χ1v) is 7.74. The molecule has 6 nitrogen and oxygen atoms in total. The predicted octanol–water partition coefficient (Wildman–Crippen LogP) is 1.63. The van der Waals surface area contributed by atoms with Crippen molar-refractivity contribution in [1.82, 2.24) is 15.8 Å². The van der Waals surface area contributed by atoms with Gasteiger partial charge in [-0.15, -0.1) is 0 Å². The van der Waals surface area contributed by atoms with E-state index in [9.17, 15) is 14.4 Å². The Kier molecular flexibility index (Phi) is 3.69. The zero-order valence-corrected chi connectivity index (χ0v) is 12.1. The van der Waals surface area contributed by atoms with Gasteiger partial charge in [0.05, 0.1) is 0 Å². The quantitative estimate of drug-likeness (QED) is 0.613. The van der Waals surface area contributed by atoms with Crippen molar-refractivity contribution in [1.29, 1.82) is 0 Å². The van der Waals surface area contributed by atoms with Gasteiger partial charge in [0.2, 0.25) is 5.91 Å². The monoisotopic (exact) mass is 291 g/mol. The van der Waals surface area contributed by atoms with E-state index < -0.39 is 11.6 Å². The van der Waals surface area contributed by atoms with Crippen LogP contribution in [0.15, 0.2) is 12.2 Å². The summed E-state index contributed by atoms with van der Waals surface area (Å²) in [6, 6.07) is -0.503. The molecule has 0 aromatic heterocycles. The van der Waals surface area contributed by atoms with Crippen molar-refractivity contribution in [3.63, 3.8) is 0 Å². The van der Waals surface area contributed by atoms with E-state index in [2.05, 4.69) is 16.8 Å². The Labute approximate surface area is 123 Å². The van der Waals surface area contributed by atoms with Crippen LogP contribution in [0.5, 0.6) is 0 Å². The molecule has 1 saturated heterocycles. The molecule has 3 rings (SSSR count). The van der Waals surface area contributed by atoms with Crippen molar-refractivity contribution >= 4 is 17.8 Å². The summed E-state index contributed by atoms with van der Waals surface area (Å²) in [5.74, 6) is -0.361. The molecule has 0 bridgehead atoms. The molecule has 3 aliphatic rings. The normalized spacial score (nSPS) is 27.2. The fourth-order valence-corrected chi connectivity index (χ4v) is 3.49. The van der Waals surface area contributed by atoms with Crippen LogP contribution in [0.4, 0.5) is 4.79 Å². The lowest BCUT2D eigenvalue weighted by Crippen LogP contribution is -2.51. The van der Waals surface area contributed by atoms with Crippen molar-refractivity contribution in [3.8, 4) is 0 Å². The lowest BCUT2D eigenvalue weighted by atomic mass is 9.82. The largest absolute Gasteiger partial charge is 0.344 e. The molecule has 1 saturated carbocycles. The number of urea groups is 1. The minimum absolute atomic E-state index is 0.217. The number of rotatable bonds is 3. The van der Waals surface area contributed by atoms with E-state index >= 15 is 0 Å². The van der Waals surface area contributed by atoms with Gasteiger partial charge in [-0.2, -0.15) is 5.01 Å². The molecule has 0 aromatic carbocycles. The molecule has 2 fully saturated rings. The molecule has 114 valence electrons. The zero-order valence-electron chi connectivity index (χ0n) is 12.1. The van der Waals surface area contributed by atoms with E-state index in [-0.39, 0.29) is 17.7 Å². The molecule has 0 radical (unpaired) electrons. The van der Waals surface area contributed by atoms with Crippen molar-refractivity contribution in [2.75, 3.05) is 0 Å². The third-order valence-corrected chi connectivity index (χ3v) is 4.67. The lowest BCUT2D eigenvalue weighted by Gasteiger charge is -2.30. The predicted molar refractivity (Wildman–Crippen MR) is 75.8 cm³/mol. The van der Waals surface area contributed by atoms with Crippen LogP contribution in [0.3, 0.4) is 0 Å². The first kappa shape index (κ1) is 14.1. The number of hydrazine groups is 1. The average molecular weight is 291 g/mol. The molecule has 1 atom stereocenters. The number of nitrogens with zero attached hydrogens (tertiary/aromatic N) is 1. The van der Waals surface area contributed by atoms with Crippen LogP contribution < -0.4 is 10.7 Å². The van der Waals surface area contributed by atoms with Gasteiger partial charge in [0.1, 0.15) is 5.54 Å². The second-order valence-corrected chi connectivity index (χ2v) is 6.22. The molecule has 21 heavy (non-hydrogen) atoms. The number of imide groups is 1. The van der Waals surface area contributed by atoms with Gasteiger partial charge in [0, 0.05) is 6.42 Å². The molecule has 2 N–H and O–H groups in total. The molecule has 1 aliphatic heterocycles. The van der Waals surface area contributed by atoms with Gasteiger partial charge in [-0.25, -0.2) is 4.79 Å².